The van der Waals surface area contributed by atoms with Gasteiger partial charge in [0.05, 0.1) is 0 Å². The van der Waals surface area contributed by atoms with E-state index < -0.39 is 0 Å². The molecule has 0 aromatic heterocycles. The zero-order valence-corrected chi connectivity index (χ0v) is 10.7. The second kappa shape index (κ2) is 4.27. The zero-order valence-electron chi connectivity index (χ0n) is 9.88. The van der Waals surface area contributed by atoms with Gasteiger partial charge in [-0.05, 0) is 46.8 Å². The molecule has 0 saturated carbocycles. The van der Waals surface area contributed by atoms with Crippen molar-refractivity contribution in [2.24, 2.45) is 0 Å². The summed E-state index contributed by atoms with van der Waals surface area (Å²) in [6.07, 6.45) is 0. The average molecular weight is 202 g/mol. The molecule has 0 radical (unpaired) electrons. The molecule has 0 atom stereocenters. The molecule has 0 unspecified atom stereocenters. The van der Waals surface area contributed by atoms with Crippen LogP contribution in [0.5, 0.6) is 0 Å². The molecule has 0 saturated heterocycles. The topological polar surface area (TPSA) is 6.48 Å². The Kier molecular flexibility index (Phi) is 4.17. The molecule has 0 fully saturated rings. The predicted molar refractivity (Wildman–Crippen MR) is 63.0 cm³/mol. The van der Waals surface area contributed by atoms with E-state index in [0.717, 1.165) is 5.11 Å². The molecule has 0 aliphatic heterocycles. The third-order valence-corrected chi connectivity index (χ3v) is 2.93. The first kappa shape index (κ1) is 12.7. The van der Waals surface area contributed by atoms with Crippen molar-refractivity contribution in [2.45, 2.75) is 46.2 Å². The molecule has 3 heteroatoms. The van der Waals surface area contributed by atoms with Crippen LogP contribution in [0.1, 0.15) is 34.6 Å². The standard InChI is InChI=1S/C10H22N2S/c1-8(2)11(6)9(13)12(7)10(3,4)5/h8H,1-7H3. The van der Waals surface area contributed by atoms with Gasteiger partial charge >= 0.3 is 0 Å². The van der Waals surface area contributed by atoms with E-state index in [0.29, 0.717) is 6.04 Å². The van der Waals surface area contributed by atoms with E-state index in [1.165, 1.54) is 0 Å². The van der Waals surface area contributed by atoms with Crippen molar-refractivity contribution in [3.63, 3.8) is 0 Å². The number of hydrogen-bond donors (Lipinski definition) is 0. The highest BCUT2D eigenvalue weighted by Gasteiger charge is 2.22. The Morgan fingerprint density at radius 3 is 1.77 bits per heavy atom. The van der Waals surface area contributed by atoms with Crippen LogP contribution >= 0.6 is 12.2 Å². The van der Waals surface area contributed by atoms with Crippen molar-refractivity contribution in [2.75, 3.05) is 14.1 Å². The van der Waals surface area contributed by atoms with Crippen molar-refractivity contribution in [1.29, 1.82) is 0 Å². The molecule has 0 aromatic rings. The first-order valence-corrected chi connectivity index (χ1v) is 5.09. The normalized spacial score (nSPS) is 11.7. The summed E-state index contributed by atoms with van der Waals surface area (Å²) in [6, 6.07) is 0.456. The van der Waals surface area contributed by atoms with Crippen molar-refractivity contribution >= 4 is 17.3 Å². The van der Waals surface area contributed by atoms with E-state index in [1.54, 1.807) is 0 Å². The van der Waals surface area contributed by atoms with E-state index in [1.807, 2.05) is 14.1 Å². The highest BCUT2D eigenvalue weighted by molar-refractivity contribution is 7.80. The lowest BCUT2D eigenvalue weighted by Crippen LogP contribution is -2.50. The average Bonchev–Trinajstić information content (AvgIpc) is 1.98. The molecule has 78 valence electrons. The minimum absolute atomic E-state index is 0.0975. The molecule has 0 N–H and O–H groups in total. The second-order valence-electron chi connectivity index (χ2n) is 4.72. The van der Waals surface area contributed by atoms with Crippen LogP contribution in [0.2, 0.25) is 0 Å². The van der Waals surface area contributed by atoms with E-state index in [2.05, 4.69) is 44.4 Å². The summed E-state index contributed by atoms with van der Waals surface area (Å²) in [5.74, 6) is 0. The van der Waals surface area contributed by atoms with Gasteiger partial charge in [0.15, 0.2) is 5.11 Å². The minimum atomic E-state index is 0.0975. The second-order valence-corrected chi connectivity index (χ2v) is 5.08. The Labute approximate surface area is 87.9 Å². The first-order valence-electron chi connectivity index (χ1n) is 4.68. The highest BCUT2D eigenvalue weighted by atomic mass is 32.1. The van der Waals surface area contributed by atoms with Gasteiger partial charge < -0.3 is 9.80 Å². The molecule has 0 bridgehead atoms. The van der Waals surface area contributed by atoms with Gasteiger partial charge in [0.1, 0.15) is 0 Å². The maximum absolute atomic E-state index is 5.38. The van der Waals surface area contributed by atoms with Crippen molar-refractivity contribution in [3.8, 4) is 0 Å². The SMILES string of the molecule is CC(C)N(C)C(=S)N(C)C(C)(C)C. The van der Waals surface area contributed by atoms with Gasteiger partial charge in [0.25, 0.3) is 0 Å². The van der Waals surface area contributed by atoms with Gasteiger partial charge in [-0.1, -0.05) is 0 Å². The van der Waals surface area contributed by atoms with E-state index in [-0.39, 0.29) is 5.54 Å². The maximum atomic E-state index is 5.38. The molecule has 0 aromatic carbocycles. The summed E-state index contributed by atoms with van der Waals surface area (Å²) in [5, 5.41) is 0.905. The van der Waals surface area contributed by atoms with E-state index in [4.69, 9.17) is 12.2 Å². The predicted octanol–water partition coefficient (Wildman–Crippen LogP) is 2.34. The minimum Gasteiger partial charge on any atom is -0.350 e. The molecule has 2 nitrogen and oxygen atoms in total. The highest BCUT2D eigenvalue weighted by Crippen LogP contribution is 2.13. The van der Waals surface area contributed by atoms with Crippen LogP contribution in [0.3, 0.4) is 0 Å². The largest absolute Gasteiger partial charge is 0.350 e. The molecule has 0 aliphatic carbocycles. The van der Waals surface area contributed by atoms with Crippen LogP contribution < -0.4 is 0 Å². The smallest absolute Gasteiger partial charge is 0.171 e. The Hall–Kier alpha value is -0.310. The monoisotopic (exact) mass is 202 g/mol. The lowest BCUT2D eigenvalue weighted by atomic mass is 10.1. The fourth-order valence-electron chi connectivity index (χ4n) is 0.744. The summed E-state index contributed by atoms with van der Waals surface area (Å²) in [6.45, 7) is 10.8. The molecule has 13 heavy (non-hydrogen) atoms. The summed E-state index contributed by atoms with van der Waals surface area (Å²) in [5.41, 5.74) is 0.0975. The fourth-order valence-corrected chi connectivity index (χ4v) is 1.23. The Balaban J connectivity index is 4.44. The number of thiocarbonyl (C=S) groups is 1. The van der Waals surface area contributed by atoms with Crippen LogP contribution in [-0.4, -0.2) is 40.6 Å². The Morgan fingerprint density at radius 2 is 1.54 bits per heavy atom. The van der Waals surface area contributed by atoms with Gasteiger partial charge in [-0.15, -0.1) is 0 Å². The third kappa shape index (κ3) is 3.51. The van der Waals surface area contributed by atoms with Gasteiger partial charge in [-0.3, -0.25) is 0 Å². The fraction of sp³-hybridized carbons (Fsp3) is 0.900. The molecule has 0 spiro atoms. The van der Waals surface area contributed by atoms with Crippen molar-refractivity contribution in [3.05, 3.63) is 0 Å². The molecular weight excluding hydrogens is 180 g/mol. The molecular formula is C10H22N2S. The van der Waals surface area contributed by atoms with Crippen molar-refractivity contribution < 1.29 is 0 Å². The van der Waals surface area contributed by atoms with E-state index in [9.17, 15) is 0 Å². The summed E-state index contributed by atoms with van der Waals surface area (Å²) >= 11 is 5.38. The Morgan fingerprint density at radius 1 is 1.15 bits per heavy atom. The third-order valence-electron chi connectivity index (χ3n) is 2.37. The molecule has 0 heterocycles. The first-order chi connectivity index (χ1) is 5.68. The summed E-state index contributed by atoms with van der Waals surface area (Å²) < 4.78 is 0. The van der Waals surface area contributed by atoms with Gasteiger partial charge in [0.2, 0.25) is 0 Å². The molecule has 0 aliphatic rings. The summed E-state index contributed by atoms with van der Waals surface area (Å²) in [4.78, 5) is 4.24. The van der Waals surface area contributed by atoms with E-state index >= 15 is 0 Å². The van der Waals surface area contributed by atoms with Crippen LogP contribution in [-0.2, 0) is 0 Å². The Bertz CT molecular complexity index is 182. The molecule has 0 rings (SSSR count). The summed E-state index contributed by atoms with van der Waals surface area (Å²) in [7, 11) is 4.08. The maximum Gasteiger partial charge on any atom is 0.171 e. The lowest BCUT2D eigenvalue weighted by molar-refractivity contribution is 0.244. The number of nitrogens with zero attached hydrogens (tertiary/aromatic N) is 2. The number of rotatable bonds is 1. The van der Waals surface area contributed by atoms with Crippen LogP contribution in [0, 0.1) is 0 Å². The van der Waals surface area contributed by atoms with Gasteiger partial charge in [-0.2, -0.15) is 0 Å². The number of hydrogen-bond acceptors (Lipinski definition) is 1. The van der Waals surface area contributed by atoms with Crippen molar-refractivity contribution in [1.82, 2.24) is 9.80 Å². The van der Waals surface area contributed by atoms with Crippen LogP contribution in [0.15, 0.2) is 0 Å². The lowest BCUT2D eigenvalue weighted by Gasteiger charge is -2.39. The molecule has 0 amide bonds. The quantitative estimate of drug-likeness (QED) is 0.603. The van der Waals surface area contributed by atoms with Gasteiger partial charge in [0, 0.05) is 25.7 Å². The van der Waals surface area contributed by atoms with Crippen LogP contribution in [0.25, 0.3) is 0 Å². The van der Waals surface area contributed by atoms with Gasteiger partial charge in [-0.25, -0.2) is 0 Å². The zero-order chi connectivity index (χ0) is 10.8. The van der Waals surface area contributed by atoms with Crippen LogP contribution in [0.4, 0.5) is 0 Å².